The van der Waals surface area contributed by atoms with Gasteiger partial charge in [-0.2, -0.15) is 0 Å². The van der Waals surface area contributed by atoms with Crippen LogP contribution in [0, 0.1) is 11.8 Å². The van der Waals surface area contributed by atoms with Crippen LogP contribution in [-0.4, -0.2) is 57.1 Å². The molecule has 4 bridgehead atoms. The third-order valence-electron chi connectivity index (χ3n) is 7.49. The molecule has 0 unspecified atom stereocenters. The fourth-order valence-corrected chi connectivity index (χ4v) is 6.17. The van der Waals surface area contributed by atoms with E-state index in [1.807, 2.05) is 30.2 Å². The van der Waals surface area contributed by atoms with E-state index in [2.05, 4.69) is 11.1 Å². The zero-order valence-corrected chi connectivity index (χ0v) is 18.4. The van der Waals surface area contributed by atoms with Crippen LogP contribution in [0.1, 0.15) is 25.3 Å². The summed E-state index contributed by atoms with van der Waals surface area (Å²) in [5, 5.41) is 0. The second-order valence-electron chi connectivity index (χ2n) is 8.92. The van der Waals surface area contributed by atoms with Gasteiger partial charge < -0.3 is 24.0 Å². The number of ketones is 1. The van der Waals surface area contributed by atoms with E-state index in [-0.39, 0.29) is 29.6 Å². The quantitative estimate of drug-likeness (QED) is 0.727. The van der Waals surface area contributed by atoms with Gasteiger partial charge in [0.1, 0.15) is 5.78 Å². The Morgan fingerprint density at radius 3 is 2.68 bits per heavy atom. The summed E-state index contributed by atoms with van der Waals surface area (Å²) in [5.41, 5.74) is 1.90. The number of Topliss-reactive ketones (excluding diaryl/α,β-unsaturated/α-hetero) is 1. The first-order chi connectivity index (χ1) is 14.9. The molecule has 0 aromatic heterocycles. The summed E-state index contributed by atoms with van der Waals surface area (Å²) >= 11 is 0. The lowest BCUT2D eigenvalue weighted by molar-refractivity contribution is -0.131. The highest BCUT2D eigenvalue weighted by molar-refractivity contribution is 6.05. The first-order valence-electron chi connectivity index (χ1n) is 10.7. The summed E-state index contributed by atoms with van der Waals surface area (Å²) in [5.74, 6) is 1.23. The summed E-state index contributed by atoms with van der Waals surface area (Å²) in [6, 6.07) is 3.45. The average Bonchev–Trinajstić information content (AvgIpc) is 2.95. The van der Waals surface area contributed by atoms with Gasteiger partial charge in [-0.15, -0.1) is 0 Å². The van der Waals surface area contributed by atoms with Crippen molar-refractivity contribution in [2.24, 2.45) is 11.8 Å². The van der Waals surface area contributed by atoms with Gasteiger partial charge in [0, 0.05) is 51.0 Å². The number of ether oxygens (including phenoxy) is 3. The van der Waals surface area contributed by atoms with Crippen molar-refractivity contribution in [1.29, 1.82) is 0 Å². The predicted molar refractivity (Wildman–Crippen MR) is 115 cm³/mol. The van der Waals surface area contributed by atoms with E-state index >= 15 is 0 Å². The van der Waals surface area contributed by atoms with Crippen LogP contribution in [0.2, 0.25) is 0 Å². The highest BCUT2D eigenvalue weighted by Gasteiger charge is 2.64. The number of amides is 1. The van der Waals surface area contributed by atoms with E-state index in [1.165, 1.54) is 0 Å². The number of benzene rings is 1. The van der Waals surface area contributed by atoms with Crippen molar-refractivity contribution in [2.75, 3.05) is 39.3 Å². The minimum atomic E-state index is -0.799. The zero-order chi connectivity index (χ0) is 21.9. The van der Waals surface area contributed by atoms with Gasteiger partial charge in [-0.3, -0.25) is 9.59 Å². The molecule has 0 N–H and O–H groups in total. The molecule has 4 aliphatic rings. The molecule has 1 aromatic carbocycles. The van der Waals surface area contributed by atoms with Gasteiger partial charge in [0.25, 0.3) is 0 Å². The molecule has 1 aromatic rings. The van der Waals surface area contributed by atoms with E-state index in [0.717, 1.165) is 16.8 Å². The predicted octanol–water partition coefficient (Wildman–Crippen LogP) is 2.65. The lowest BCUT2D eigenvalue weighted by Gasteiger charge is -2.48. The molecule has 1 aliphatic carbocycles. The summed E-state index contributed by atoms with van der Waals surface area (Å²) in [6.07, 6.45) is 6.88. The summed E-state index contributed by atoms with van der Waals surface area (Å²) in [7, 11) is 5.21. The Morgan fingerprint density at radius 1 is 1.23 bits per heavy atom. The maximum Gasteiger partial charge on any atom is 0.224 e. The summed E-state index contributed by atoms with van der Waals surface area (Å²) in [6.45, 7) is 2.75. The van der Waals surface area contributed by atoms with E-state index < -0.39 is 5.41 Å². The van der Waals surface area contributed by atoms with Crippen LogP contribution in [-0.2, 0) is 19.7 Å². The number of methoxy groups -OCH3 is 2. The number of hydrogen-bond acceptors (Lipinski definition) is 6. The number of rotatable bonds is 2. The van der Waals surface area contributed by atoms with Crippen molar-refractivity contribution in [3.63, 3.8) is 0 Å². The minimum absolute atomic E-state index is 0.00117. The van der Waals surface area contributed by atoms with Gasteiger partial charge in [-0.05, 0) is 29.7 Å². The van der Waals surface area contributed by atoms with Crippen LogP contribution >= 0.6 is 0 Å². The Labute approximate surface area is 182 Å². The Bertz CT molecular complexity index is 1020. The van der Waals surface area contributed by atoms with Gasteiger partial charge in [0.15, 0.2) is 11.5 Å². The molecule has 0 radical (unpaired) electrons. The number of carbonyl (C=O) groups is 2. The second-order valence-corrected chi connectivity index (χ2v) is 8.92. The minimum Gasteiger partial charge on any atom is -0.501 e. The van der Waals surface area contributed by atoms with Crippen molar-refractivity contribution in [3.8, 4) is 11.5 Å². The molecule has 3 aliphatic heterocycles. The molecule has 1 amide bonds. The van der Waals surface area contributed by atoms with Crippen LogP contribution in [0.25, 0.3) is 0 Å². The maximum atomic E-state index is 14.0. The Kier molecular flexibility index (Phi) is 4.53. The third-order valence-corrected chi connectivity index (χ3v) is 7.49. The zero-order valence-electron chi connectivity index (χ0n) is 18.4. The molecule has 7 nitrogen and oxygen atoms in total. The van der Waals surface area contributed by atoms with Crippen molar-refractivity contribution in [3.05, 3.63) is 41.8 Å². The number of carbonyl (C=O) groups excluding carboxylic acids is 2. The largest absolute Gasteiger partial charge is 0.501 e. The van der Waals surface area contributed by atoms with Crippen LogP contribution in [0.5, 0.6) is 11.5 Å². The maximum absolute atomic E-state index is 14.0. The molecule has 3 heterocycles. The monoisotopic (exact) mass is 424 g/mol. The van der Waals surface area contributed by atoms with Crippen molar-refractivity contribution >= 4 is 17.4 Å². The number of anilines is 1. The highest BCUT2D eigenvalue weighted by Crippen LogP contribution is 2.59. The third kappa shape index (κ3) is 2.65. The van der Waals surface area contributed by atoms with Crippen molar-refractivity contribution in [1.82, 2.24) is 4.90 Å². The lowest BCUT2D eigenvalue weighted by atomic mass is 9.57. The molecule has 7 heteroatoms. The van der Waals surface area contributed by atoms with Gasteiger partial charge in [-0.1, -0.05) is 0 Å². The smallest absolute Gasteiger partial charge is 0.224 e. The van der Waals surface area contributed by atoms with E-state index in [0.29, 0.717) is 37.5 Å². The Morgan fingerprint density at radius 2 is 1.97 bits per heavy atom. The van der Waals surface area contributed by atoms with E-state index in [4.69, 9.17) is 14.2 Å². The SMILES string of the molecule is COc1cc2c(cc1OC)[C@@]13CCN(C)C=C4C=COC[C@@H]([C@@H]1N2C(C)=O)[C@H]4CC3=O. The van der Waals surface area contributed by atoms with Crippen molar-refractivity contribution in [2.45, 2.75) is 31.2 Å². The normalized spacial score (nSPS) is 30.9. The van der Waals surface area contributed by atoms with Crippen LogP contribution in [0.4, 0.5) is 5.69 Å². The first kappa shape index (κ1) is 20.0. The Balaban J connectivity index is 1.80. The fourth-order valence-electron chi connectivity index (χ4n) is 6.17. The first-order valence-corrected chi connectivity index (χ1v) is 10.7. The van der Waals surface area contributed by atoms with Crippen LogP contribution in [0.15, 0.2) is 36.2 Å². The molecule has 0 spiro atoms. The molecule has 164 valence electrons. The molecular formula is C24H28N2O5. The molecule has 1 fully saturated rings. The van der Waals surface area contributed by atoms with Gasteiger partial charge >= 0.3 is 0 Å². The summed E-state index contributed by atoms with van der Waals surface area (Å²) in [4.78, 5) is 31.0. The number of nitrogens with zero attached hydrogens (tertiary/aromatic N) is 2. The fraction of sp³-hybridized carbons (Fsp3) is 0.500. The molecule has 0 saturated heterocycles. The standard InChI is InChI=1S/C24H28N2O5/c1-14(27)26-19-11-21(30-4)20(29-3)10-18(19)24-6-7-25(2)12-15-5-8-31-13-17(23(24)26)16(15)9-22(24)28/h5,8,10-12,16-17,23H,6-7,9,13H2,1-4H3/t16-,17+,23-,24+/m0/s1. The molecule has 1 saturated carbocycles. The molecular weight excluding hydrogens is 396 g/mol. The van der Waals surface area contributed by atoms with E-state index in [1.54, 1.807) is 27.4 Å². The topological polar surface area (TPSA) is 68.3 Å². The van der Waals surface area contributed by atoms with Gasteiger partial charge in [0.05, 0.1) is 44.2 Å². The van der Waals surface area contributed by atoms with Crippen molar-refractivity contribution < 1.29 is 23.8 Å². The number of allylic oxidation sites excluding steroid dienone is 2. The molecule has 31 heavy (non-hydrogen) atoms. The van der Waals surface area contributed by atoms with E-state index in [9.17, 15) is 9.59 Å². The van der Waals surface area contributed by atoms with Gasteiger partial charge in [0.2, 0.25) is 5.91 Å². The summed E-state index contributed by atoms with van der Waals surface area (Å²) < 4.78 is 17.0. The van der Waals surface area contributed by atoms with Crippen LogP contribution < -0.4 is 14.4 Å². The molecule has 4 atom stereocenters. The number of fused-ring (bicyclic) bond motifs is 1. The highest BCUT2D eigenvalue weighted by atomic mass is 16.5. The second kappa shape index (κ2) is 7.04. The average molecular weight is 424 g/mol. The number of hydrogen-bond donors (Lipinski definition) is 0. The lowest BCUT2D eigenvalue weighted by Crippen LogP contribution is -2.61. The van der Waals surface area contributed by atoms with Gasteiger partial charge in [-0.25, -0.2) is 0 Å². The van der Waals surface area contributed by atoms with Crippen LogP contribution in [0.3, 0.4) is 0 Å². The Hall–Kier alpha value is -2.96. The molecule has 5 rings (SSSR count).